The van der Waals surface area contributed by atoms with Gasteiger partial charge in [0, 0.05) is 27.8 Å². The summed E-state index contributed by atoms with van der Waals surface area (Å²) in [6, 6.07) is 26.3. The van der Waals surface area contributed by atoms with Crippen LogP contribution < -0.4 is 0 Å². The number of halogens is 1. The van der Waals surface area contributed by atoms with Gasteiger partial charge in [-0.2, -0.15) is 4.40 Å². The molecule has 0 atom stereocenters. The van der Waals surface area contributed by atoms with Crippen LogP contribution in [-0.2, 0) is 11.3 Å². The van der Waals surface area contributed by atoms with Gasteiger partial charge in [-0.1, -0.05) is 66.4 Å². The van der Waals surface area contributed by atoms with Gasteiger partial charge in [0.15, 0.2) is 0 Å². The minimum atomic E-state index is -0.248. The third kappa shape index (κ3) is 6.96. The number of ether oxygens (including phenoxy) is 1. The molecule has 0 spiro atoms. The van der Waals surface area contributed by atoms with Crippen molar-refractivity contribution in [1.29, 1.82) is 0 Å². The van der Waals surface area contributed by atoms with Crippen LogP contribution in [-0.4, -0.2) is 5.90 Å². The first kappa shape index (κ1) is 19.3. The summed E-state index contributed by atoms with van der Waals surface area (Å²) >= 11 is 2.77. The highest BCUT2D eigenvalue weighted by Gasteiger charge is 2.00. The molecule has 0 saturated heterocycles. The molecule has 0 bridgehead atoms. The Labute approximate surface area is 167 Å². The molecule has 0 N–H and O–H groups in total. The van der Waals surface area contributed by atoms with Crippen LogP contribution in [0.15, 0.2) is 111 Å². The largest absolute Gasteiger partial charge is 0.472 e. The third-order valence-corrected chi connectivity index (χ3v) is 4.98. The van der Waals surface area contributed by atoms with E-state index in [2.05, 4.69) is 4.40 Å². The van der Waals surface area contributed by atoms with E-state index in [4.69, 9.17) is 4.74 Å². The zero-order valence-electron chi connectivity index (χ0n) is 14.5. The molecule has 0 radical (unpaired) electrons. The van der Waals surface area contributed by atoms with Crippen LogP contribution in [0.25, 0.3) is 0 Å². The fourth-order valence-electron chi connectivity index (χ4n) is 2.13. The molecule has 0 fully saturated rings. The van der Waals surface area contributed by atoms with Gasteiger partial charge in [-0.3, -0.25) is 0 Å². The molecule has 0 saturated carbocycles. The van der Waals surface area contributed by atoms with Gasteiger partial charge in [0.1, 0.15) is 12.4 Å². The summed E-state index contributed by atoms with van der Waals surface area (Å²) in [6.45, 7) is 0.435. The molecular formula is C22H18FNOS2. The standard InChI is InChI=1S/C22H18FNOS2/c23-19-10-7-13-21(16-19)26-15-14-22(24-27-20-11-5-2-6-12-20)25-17-18-8-3-1-4-9-18/h1-16H,17H2/b15-14+,24-22-. The highest BCUT2D eigenvalue weighted by Crippen LogP contribution is 2.22. The van der Waals surface area contributed by atoms with Gasteiger partial charge in [0.25, 0.3) is 0 Å². The summed E-state index contributed by atoms with van der Waals surface area (Å²) in [6.07, 6.45) is 1.80. The maximum Gasteiger partial charge on any atom is 0.221 e. The third-order valence-electron chi connectivity index (χ3n) is 3.42. The lowest BCUT2D eigenvalue weighted by Gasteiger charge is -2.06. The Hall–Kier alpha value is -2.50. The smallest absolute Gasteiger partial charge is 0.221 e. The van der Waals surface area contributed by atoms with Crippen molar-refractivity contribution in [3.05, 3.63) is 108 Å². The van der Waals surface area contributed by atoms with Crippen molar-refractivity contribution >= 4 is 29.6 Å². The van der Waals surface area contributed by atoms with Gasteiger partial charge < -0.3 is 4.74 Å². The number of benzene rings is 3. The molecule has 5 heteroatoms. The average molecular weight is 396 g/mol. The molecule has 2 nitrogen and oxygen atoms in total. The van der Waals surface area contributed by atoms with E-state index < -0.39 is 0 Å². The van der Waals surface area contributed by atoms with Crippen LogP contribution in [0.4, 0.5) is 4.39 Å². The van der Waals surface area contributed by atoms with Gasteiger partial charge in [-0.15, -0.1) is 0 Å². The molecule has 0 aliphatic rings. The first-order chi connectivity index (χ1) is 13.3. The fraction of sp³-hybridized carbons (Fsp3) is 0.0455. The predicted molar refractivity (Wildman–Crippen MR) is 112 cm³/mol. The van der Waals surface area contributed by atoms with Crippen molar-refractivity contribution in [3.8, 4) is 0 Å². The van der Waals surface area contributed by atoms with E-state index in [1.54, 1.807) is 12.1 Å². The highest BCUT2D eigenvalue weighted by atomic mass is 32.2. The molecule has 3 rings (SSSR count). The minimum absolute atomic E-state index is 0.248. The van der Waals surface area contributed by atoms with Crippen LogP contribution in [0.1, 0.15) is 5.56 Å². The quantitative estimate of drug-likeness (QED) is 0.191. The Bertz CT molecular complexity index is 898. The molecule has 0 unspecified atom stereocenters. The highest BCUT2D eigenvalue weighted by molar-refractivity contribution is 8.02. The number of hydrogen-bond donors (Lipinski definition) is 0. The van der Waals surface area contributed by atoms with Crippen molar-refractivity contribution in [1.82, 2.24) is 0 Å². The first-order valence-electron chi connectivity index (χ1n) is 8.35. The Morgan fingerprint density at radius 2 is 1.59 bits per heavy atom. The summed E-state index contributed by atoms with van der Waals surface area (Å²) < 4.78 is 23.6. The number of thioether (sulfide) groups is 1. The van der Waals surface area contributed by atoms with Gasteiger partial charge >= 0.3 is 0 Å². The van der Waals surface area contributed by atoms with Gasteiger partial charge in [-0.05, 0) is 41.3 Å². The van der Waals surface area contributed by atoms with Crippen LogP contribution in [0.5, 0.6) is 0 Å². The predicted octanol–water partition coefficient (Wildman–Crippen LogP) is 6.75. The van der Waals surface area contributed by atoms with Gasteiger partial charge in [0.05, 0.1) is 0 Å². The number of nitrogens with zero attached hydrogens (tertiary/aromatic N) is 1. The van der Waals surface area contributed by atoms with Crippen LogP contribution in [0, 0.1) is 5.82 Å². The lowest BCUT2D eigenvalue weighted by Crippen LogP contribution is -2.01. The molecule has 27 heavy (non-hydrogen) atoms. The fourth-order valence-corrected chi connectivity index (χ4v) is 3.39. The minimum Gasteiger partial charge on any atom is -0.472 e. The van der Waals surface area contributed by atoms with Crippen molar-refractivity contribution in [2.45, 2.75) is 16.4 Å². The van der Waals surface area contributed by atoms with Crippen molar-refractivity contribution in [2.75, 3.05) is 0 Å². The second-order valence-electron chi connectivity index (χ2n) is 5.49. The van der Waals surface area contributed by atoms with Crippen molar-refractivity contribution in [2.24, 2.45) is 4.40 Å². The van der Waals surface area contributed by atoms with E-state index in [0.29, 0.717) is 12.5 Å². The zero-order chi connectivity index (χ0) is 18.7. The Kier molecular flexibility index (Phi) is 7.56. The van der Waals surface area contributed by atoms with Crippen LogP contribution in [0.3, 0.4) is 0 Å². The average Bonchev–Trinajstić information content (AvgIpc) is 2.71. The molecule has 0 amide bonds. The summed E-state index contributed by atoms with van der Waals surface area (Å²) in [5.74, 6) is 0.263. The van der Waals surface area contributed by atoms with Crippen molar-refractivity contribution < 1.29 is 9.13 Å². The van der Waals surface area contributed by atoms with Crippen LogP contribution in [0.2, 0.25) is 0 Å². The van der Waals surface area contributed by atoms with E-state index in [9.17, 15) is 4.39 Å². The maximum atomic E-state index is 13.3. The van der Waals surface area contributed by atoms with Crippen LogP contribution >= 0.6 is 23.7 Å². The summed E-state index contributed by atoms with van der Waals surface area (Å²) in [5, 5.41) is 1.85. The maximum absolute atomic E-state index is 13.3. The molecule has 3 aromatic carbocycles. The number of hydrogen-bond acceptors (Lipinski definition) is 4. The molecular weight excluding hydrogens is 377 g/mol. The second-order valence-corrected chi connectivity index (χ2v) is 7.30. The second kappa shape index (κ2) is 10.6. The van der Waals surface area contributed by atoms with Gasteiger partial charge in [-0.25, -0.2) is 4.39 Å². The molecule has 0 aliphatic heterocycles. The van der Waals surface area contributed by atoms with E-state index in [-0.39, 0.29) is 5.82 Å². The zero-order valence-corrected chi connectivity index (χ0v) is 16.1. The lowest BCUT2D eigenvalue weighted by molar-refractivity contribution is 0.296. The summed E-state index contributed by atoms with van der Waals surface area (Å²) in [7, 11) is 0. The van der Waals surface area contributed by atoms with E-state index in [1.807, 2.05) is 72.1 Å². The Balaban J connectivity index is 1.67. The van der Waals surface area contributed by atoms with Gasteiger partial charge in [0.2, 0.25) is 5.90 Å². The topological polar surface area (TPSA) is 21.6 Å². The van der Waals surface area contributed by atoms with E-state index in [0.717, 1.165) is 15.4 Å². The normalized spacial score (nSPS) is 11.7. The molecule has 3 aromatic rings. The Morgan fingerprint density at radius 3 is 2.33 bits per heavy atom. The van der Waals surface area contributed by atoms with Crippen molar-refractivity contribution in [3.63, 3.8) is 0 Å². The molecule has 0 aliphatic carbocycles. The SMILES string of the molecule is Fc1cccc(S/C=C/C(=N/Sc2ccccc2)OCc2ccccc2)c1. The monoisotopic (exact) mass is 395 g/mol. The summed E-state index contributed by atoms with van der Waals surface area (Å²) in [5.41, 5.74) is 1.07. The molecule has 0 aromatic heterocycles. The Morgan fingerprint density at radius 1 is 0.889 bits per heavy atom. The lowest BCUT2D eigenvalue weighted by atomic mass is 10.2. The van der Waals surface area contributed by atoms with E-state index in [1.165, 1.54) is 35.8 Å². The molecule has 0 heterocycles. The first-order valence-corrected chi connectivity index (χ1v) is 10.0. The molecule has 136 valence electrons. The number of rotatable bonds is 7. The van der Waals surface area contributed by atoms with E-state index >= 15 is 0 Å². The summed E-state index contributed by atoms with van der Waals surface area (Å²) in [4.78, 5) is 1.86.